The van der Waals surface area contributed by atoms with Gasteiger partial charge in [-0.15, -0.1) is 0 Å². The molecule has 1 aromatic heterocycles. The van der Waals surface area contributed by atoms with E-state index in [0.29, 0.717) is 17.5 Å². The lowest BCUT2D eigenvalue weighted by molar-refractivity contribution is -0.0159. The lowest BCUT2D eigenvalue weighted by Gasteiger charge is -2.40. The molecule has 2 aliphatic heterocycles. The third-order valence-corrected chi connectivity index (χ3v) is 5.68. The minimum Gasteiger partial charge on any atom is -0.381 e. The molecule has 4 rings (SSSR count). The van der Waals surface area contributed by atoms with Crippen LogP contribution in [0.15, 0.2) is 10.6 Å². The van der Waals surface area contributed by atoms with Gasteiger partial charge in [-0.05, 0) is 25.8 Å². The predicted molar refractivity (Wildman–Crippen MR) is 84.3 cm³/mol. The molecule has 0 radical (unpaired) electrons. The van der Waals surface area contributed by atoms with Crippen LogP contribution in [-0.2, 0) is 4.74 Å². The topological polar surface area (TPSA) is 58.8 Å². The molecule has 23 heavy (non-hydrogen) atoms. The first kappa shape index (κ1) is 15.1. The number of amides is 1. The van der Waals surface area contributed by atoms with Crippen LogP contribution in [0.25, 0.3) is 0 Å². The molecule has 0 unspecified atom stereocenters. The van der Waals surface area contributed by atoms with E-state index in [2.05, 4.69) is 17.0 Å². The van der Waals surface area contributed by atoms with E-state index < -0.39 is 0 Å². The Hall–Kier alpha value is -1.40. The lowest BCUT2D eigenvalue weighted by atomic mass is 9.88. The third-order valence-electron chi connectivity index (χ3n) is 5.68. The van der Waals surface area contributed by atoms with Gasteiger partial charge in [0.25, 0.3) is 5.91 Å². The van der Waals surface area contributed by atoms with Gasteiger partial charge in [0.15, 0.2) is 5.69 Å². The Labute approximate surface area is 136 Å². The van der Waals surface area contributed by atoms with Crippen LogP contribution < -0.4 is 0 Å². The second kappa shape index (κ2) is 5.91. The summed E-state index contributed by atoms with van der Waals surface area (Å²) in [6, 6.07) is 2.08. The predicted octanol–water partition coefficient (Wildman–Crippen LogP) is 1.73. The molecule has 3 fully saturated rings. The second-order valence-electron chi connectivity index (χ2n) is 7.03. The first-order valence-electron chi connectivity index (χ1n) is 8.74. The highest BCUT2D eigenvalue weighted by Crippen LogP contribution is 2.40. The summed E-state index contributed by atoms with van der Waals surface area (Å²) in [4.78, 5) is 17.3. The zero-order valence-electron chi connectivity index (χ0n) is 13.9. The molecule has 6 nitrogen and oxygen atoms in total. The number of nitrogens with zero attached hydrogens (tertiary/aromatic N) is 3. The summed E-state index contributed by atoms with van der Waals surface area (Å²) in [6.07, 6.45) is 3.45. The number of hydrogen-bond acceptors (Lipinski definition) is 5. The molecule has 6 heteroatoms. The van der Waals surface area contributed by atoms with E-state index in [0.717, 1.165) is 51.2 Å². The lowest BCUT2D eigenvalue weighted by Crippen LogP contribution is -2.53. The molecule has 3 atom stereocenters. The van der Waals surface area contributed by atoms with Crippen molar-refractivity contribution in [3.63, 3.8) is 0 Å². The van der Waals surface area contributed by atoms with Gasteiger partial charge in [-0.25, -0.2) is 0 Å². The van der Waals surface area contributed by atoms with E-state index in [9.17, 15) is 4.79 Å². The van der Waals surface area contributed by atoms with Gasteiger partial charge in [0.2, 0.25) is 0 Å². The van der Waals surface area contributed by atoms with E-state index in [1.165, 1.54) is 0 Å². The summed E-state index contributed by atoms with van der Waals surface area (Å²) in [5.41, 5.74) is 0.469. The van der Waals surface area contributed by atoms with Crippen molar-refractivity contribution in [2.75, 3.05) is 33.3 Å². The summed E-state index contributed by atoms with van der Waals surface area (Å²) < 4.78 is 11.0. The maximum Gasteiger partial charge on any atom is 0.276 e. The van der Waals surface area contributed by atoms with Gasteiger partial charge in [-0.2, -0.15) is 0 Å². The summed E-state index contributed by atoms with van der Waals surface area (Å²) in [6.45, 7) is 5.86. The number of likely N-dealkylation sites (tertiary alicyclic amines) is 2. The molecule has 1 amide bonds. The highest BCUT2D eigenvalue weighted by atomic mass is 16.5. The van der Waals surface area contributed by atoms with Crippen LogP contribution in [-0.4, -0.2) is 66.3 Å². The van der Waals surface area contributed by atoms with Crippen LogP contribution in [0.2, 0.25) is 0 Å². The van der Waals surface area contributed by atoms with Gasteiger partial charge >= 0.3 is 0 Å². The monoisotopic (exact) mass is 319 g/mol. The molecule has 0 bridgehead atoms. The Morgan fingerprint density at radius 3 is 2.91 bits per heavy atom. The number of piperidine rings is 1. The molecule has 3 heterocycles. The van der Waals surface area contributed by atoms with Gasteiger partial charge in [-0.3, -0.25) is 4.79 Å². The Bertz CT molecular complexity index is 583. The van der Waals surface area contributed by atoms with E-state index in [4.69, 9.17) is 9.26 Å². The van der Waals surface area contributed by atoms with Crippen LogP contribution in [0, 0.1) is 5.92 Å². The zero-order valence-corrected chi connectivity index (χ0v) is 13.9. The number of hydrogen-bond donors (Lipinski definition) is 0. The maximum absolute atomic E-state index is 12.9. The number of carbonyl (C=O) groups excluding carboxylic acids is 1. The van der Waals surface area contributed by atoms with Crippen molar-refractivity contribution in [1.82, 2.24) is 15.0 Å². The zero-order chi connectivity index (χ0) is 16.0. The molecule has 1 aliphatic carbocycles. The molecule has 2 saturated heterocycles. The number of ether oxygens (including phenoxy) is 1. The van der Waals surface area contributed by atoms with Gasteiger partial charge in [0.05, 0.1) is 12.1 Å². The molecule has 1 saturated carbocycles. The van der Waals surface area contributed by atoms with Crippen LogP contribution in [0.1, 0.15) is 48.4 Å². The molecule has 126 valence electrons. The summed E-state index contributed by atoms with van der Waals surface area (Å²) in [5.74, 6) is 1.77. The number of rotatable bonds is 4. The first-order chi connectivity index (χ1) is 11.2. The Morgan fingerprint density at radius 2 is 2.22 bits per heavy atom. The van der Waals surface area contributed by atoms with Crippen LogP contribution in [0.5, 0.6) is 0 Å². The van der Waals surface area contributed by atoms with Crippen LogP contribution >= 0.6 is 0 Å². The van der Waals surface area contributed by atoms with Crippen molar-refractivity contribution < 1.29 is 14.1 Å². The number of likely N-dealkylation sites (N-methyl/N-ethyl adjacent to an activating group) is 1. The summed E-state index contributed by atoms with van der Waals surface area (Å²) >= 11 is 0. The van der Waals surface area contributed by atoms with Gasteiger partial charge in [-0.1, -0.05) is 12.1 Å². The van der Waals surface area contributed by atoms with E-state index in [-0.39, 0.29) is 18.1 Å². The number of methoxy groups -OCH3 is 1. The maximum atomic E-state index is 12.9. The largest absolute Gasteiger partial charge is 0.381 e. The Morgan fingerprint density at radius 1 is 1.39 bits per heavy atom. The van der Waals surface area contributed by atoms with E-state index in [1.807, 2.05) is 11.0 Å². The molecular weight excluding hydrogens is 294 g/mol. The molecule has 1 aromatic rings. The summed E-state index contributed by atoms with van der Waals surface area (Å²) in [5, 5.41) is 4.03. The van der Waals surface area contributed by atoms with Crippen molar-refractivity contribution in [3.8, 4) is 0 Å². The Kier molecular flexibility index (Phi) is 3.89. The quantitative estimate of drug-likeness (QED) is 0.846. The SMILES string of the molecule is CCN1C[C@H]2[C@@H](OC)CCN(C(=O)c3cc(C4CC4)on3)[C@H]2C1. The fraction of sp³-hybridized carbons (Fsp3) is 0.765. The normalized spacial score (nSPS) is 31.4. The number of aromatic nitrogens is 1. The second-order valence-corrected chi connectivity index (χ2v) is 7.03. The van der Waals surface area contributed by atoms with Crippen molar-refractivity contribution in [3.05, 3.63) is 17.5 Å². The minimum atomic E-state index is 0.0168. The van der Waals surface area contributed by atoms with Crippen molar-refractivity contribution in [1.29, 1.82) is 0 Å². The highest BCUT2D eigenvalue weighted by Gasteiger charge is 2.46. The molecular formula is C17H25N3O3. The fourth-order valence-corrected chi connectivity index (χ4v) is 4.14. The van der Waals surface area contributed by atoms with Gasteiger partial charge in [0.1, 0.15) is 5.76 Å². The van der Waals surface area contributed by atoms with E-state index >= 15 is 0 Å². The van der Waals surface area contributed by atoms with Crippen molar-refractivity contribution >= 4 is 5.91 Å². The Balaban J connectivity index is 1.53. The van der Waals surface area contributed by atoms with Gasteiger partial charge < -0.3 is 19.1 Å². The fourth-order valence-electron chi connectivity index (χ4n) is 4.14. The third kappa shape index (κ3) is 2.68. The average molecular weight is 319 g/mol. The van der Waals surface area contributed by atoms with Crippen LogP contribution in [0.3, 0.4) is 0 Å². The summed E-state index contributed by atoms with van der Waals surface area (Å²) in [7, 11) is 1.79. The van der Waals surface area contributed by atoms with Crippen LogP contribution in [0.4, 0.5) is 0 Å². The van der Waals surface area contributed by atoms with E-state index in [1.54, 1.807) is 7.11 Å². The molecule has 3 aliphatic rings. The highest BCUT2D eigenvalue weighted by molar-refractivity contribution is 5.92. The van der Waals surface area contributed by atoms with Crippen molar-refractivity contribution in [2.45, 2.75) is 44.2 Å². The number of carbonyl (C=O) groups is 1. The molecule has 0 aromatic carbocycles. The minimum absolute atomic E-state index is 0.0168. The average Bonchev–Trinajstić information content (AvgIpc) is 3.14. The standard InChI is InChI=1S/C17H25N3O3/c1-3-19-9-12-14(10-19)20(7-6-15(12)22-2)17(21)13-8-16(23-18-13)11-4-5-11/h8,11-12,14-15H,3-7,9-10H2,1-2H3/t12-,14+,15+/m1/s1. The molecule has 0 N–H and O–H groups in total. The number of fused-ring (bicyclic) bond motifs is 1. The first-order valence-corrected chi connectivity index (χ1v) is 8.74. The smallest absolute Gasteiger partial charge is 0.276 e. The van der Waals surface area contributed by atoms with Gasteiger partial charge in [0, 0.05) is 44.6 Å². The van der Waals surface area contributed by atoms with Crippen molar-refractivity contribution in [2.24, 2.45) is 5.92 Å². The molecule has 0 spiro atoms.